The quantitative estimate of drug-likeness (QED) is 0.485. The molecule has 1 heterocycles. The summed E-state index contributed by atoms with van der Waals surface area (Å²) in [6.45, 7) is 1.69. The molecule has 0 radical (unpaired) electrons. The Morgan fingerprint density at radius 3 is 2.71 bits per heavy atom. The first-order valence-electron chi connectivity index (χ1n) is 5.86. The summed E-state index contributed by atoms with van der Waals surface area (Å²) in [5, 5.41) is 11.1. The van der Waals surface area contributed by atoms with Crippen LogP contribution in [0.1, 0.15) is 5.56 Å². The van der Waals surface area contributed by atoms with Gasteiger partial charge in [0.1, 0.15) is 6.33 Å². The van der Waals surface area contributed by atoms with Crippen LogP contribution in [0.4, 0.5) is 11.5 Å². The second-order valence-corrected chi connectivity index (χ2v) is 3.99. The number of hydrogen-bond donors (Lipinski definition) is 2. The van der Waals surface area contributed by atoms with Crippen LogP contribution in [0.3, 0.4) is 0 Å². The molecule has 0 spiro atoms. The first-order valence-corrected chi connectivity index (χ1v) is 5.86. The first kappa shape index (κ1) is 14.5. The van der Waals surface area contributed by atoms with E-state index in [1.165, 1.54) is 19.5 Å². The molecule has 0 aliphatic rings. The maximum absolute atomic E-state index is 11.1. The average Bonchev–Trinajstić information content (AvgIpc) is 2.48. The standard InChI is InChI=1S/C12H13N5O4/c1-7-4-3-5-8(17(18)19)9(7)21-12-10(20-2)11(16-13)14-6-15-12/h3-6H,13H2,1-2H3,(H,14,15,16). The van der Waals surface area contributed by atoms with E-state index < -0.39 is 4.92 Å². The number of rotatable bonds is 5. The van der Waals surface area contributed by atoms with Gasteiger partial charge in [0.25, 0.3) is 5.88 Å². The number of anilines is 1. The summed E-state index contributed by atoms with van der Waals surface area (Å²) in [6.07, 6.45) is 1.21. The van der Waals surface area contributed by atoms with Crippen molar-refractivity contribution in [1.82, 2.24) is 9.97 Å². The molecular weight excluding hydrogens is 278 g/mol. The minimum absolute atomic E-state index is 0.0258. The van der Waals surface area contributed by atoms with Crippen molar-refractivity contribution >= 4 is 11.5 Å². The van der Waals surface area contributed by atoms with Crippen LogP contribution in [-0.4, -0.2) is 22.0 Å². The summed E-state index contributed by atoms with van der Waals surface area (Å²) in [5.74, 6) is 5.78. The number of hydrazine groups is 1. The van der Waals surface area contributed by atoms with Gasteiger partial charge in [-0.3, -0.25) is 10.1 Å². The molecule has 110 valence electrons. The monoisotopic (exact) mass is 291 g/mol. The number of nitrogens with zero attached hydrogens (tertiary/aromatic N) is 3. The van der Waals surface area contributed by atoms with Crippen molar-refractivity contribution in [3.8, 4) is 17.4 Å². The van der Waals surface area contributed by atoms with Gasteiger partial charge < -0.3 is 14.9 Å². The number of methoxy groups -OCH3 is 1. The van der Waals surface area contributed by atoms with Crippen molar-refractivity contribution in [3.63, 3.8) is 0 Å². The highest BCUT2D eigenvalue weighted by atomic mass is 16.6. The molecule has 0 aliphatic carbocycles. The van der Waals surface area contributed by atoms with Crippen molar-refractivity contribution in [2.75, 3.05) is 12.5 Å². The van der Waals surface area contributed by atoms with Gasteiger partial charge in [0, 0.05) is 6.07 Å². The molecule has 0 fully saturated rings. The van der Waals surface area contributed by atoms with Crippen LogP contribution in [0.15, 0.2) is 24.5 Å². The molecule has 2 aromatic rings. The van der Waals surface area contributed by atoms with Crippen LogP contribution in [0.25, 0.3) is 0 Å². The third-order valence-electron chi connectivity index (χ3n) is 2.70. The Hall–Kier alpha value is -2.94. The Balaban J connectivity index is 2.51. The molecule has 0 unspecified atom stereocenters. The van der Waals surface area contributed by atoms with Crippen molar-refractivity contribution < 1.29 is 14.4 Å². The zero-order chi connectivity index (χ0) is 15.4. The van der Waals surface area contributed by atoms with Crippen LogP contribution in [0.5, 0.6) is 17.4 Å². The summed E-state index contributed by atoms with van der Waals surface area (Å²) in [5.41, 5.74) is 2.76. The second kappa shape index (κ2) is 6.01. The molecule has 9 nitrogen and oxygen atoms in total. The number of ether oxygens (including phenoxy) is 2. The summed E-state index contributed by atoms with van der Waals surface area (Å²) in [4.78, 5) is 18.3. The molecule has 9 heteroatoms. The number of nitrogens with two attached hydrogens (primary N) is 1. The molecule has 0 amide bonds. The van der Waals surface area contributed by atoms with E-state index in [1.54, 1.807) is 19.1 Å². The van der Waals surface area contributed by atoms with E-state index >= 15 is 0 Å². The number of nitrogen functional groups attached to an aromatic ring is 1. The number of nitro benzene ring substituents is 1. The molecule has 0 aliphatic heterocycles. The van der Waals surface area contributed by atoms with Crippen LogP contribution in [0, 0.1) is 17.0 Å². The van der Waals surface area contributed by atoms with Gasteiger partial charge in [0.15, 0.2) is 5.82 Å². The Labute approximate surface area is 119 Å². The minimum Gasteiger partial charge on any atom is -0.489 e. The lowest BCUT2D eigenvalue weighted by Crippen LogP contribution is -2.11. The van der Waals surface area contributed by atoms with E-state index in [4.69, 9.17) is 15.3 Å². The van der Waals surface area contributed by atoms with Gasteiger partial charge in [-0.25, -0.2) is 10.8 Å². The van der Waals surface area contributed by atoms with Gasteiger partial charge in [-0.05, 0) is 12.5 Å². The van der Waals surface area contributed by atoms with Crippen molar-refractivity contribution in [1.29, 1.82) is 0 Å². The Morgan fingerprint density at radius 1 is 1.33 bits per heavy atom. The topological polar surface area (TPSA) is 125 Å². The largest absolute Gasteiger partial charge is 0.489 e. The van der Waals surface area contributed by atoms with Crippen molar-refractivity contribution in [2.24, 2.45) is 5.84 Å². The molecule has 0 saturated carbocycles. The first-order chi connectivity index (χ1) is 10.1. The van der Waals surface area contributed by atoms with Gasteiger partial charge in [-0.15, -0.1) is 0 Å². The zero-order valence-electron chi connectivity index (χ0n) is 11.4. The van der Waals surface area contributed by atoms with E-state index in [0.29, 0.717) is 5.56 Å². The fourth-order valence-corrected chi connectivity index (χ4v) is 1.73. The fraction of sp³-hybridized carbons (Fsp3) is 0.167. The Bertz CT molecular complexity index is 677. The predicted molar refractivity (Wildman–Crippen MR) is 74.3 cm³/mol. The van der Waals surface area contributed by atoms with E-state index in [1.807, 2.05) is 0 Å². The van der Waals surface area contributed by atoms with Crippen LogP contribution >= 0.6 is 0 Å². The summed E-state index contributed by atoms with van der Waals surface area (Å²) in [7, 11) is 1.39. The van der Waals surface area contributed by atoms with Gasteiger partial charge in [0.05, 0.1) is 12.0 Å². The van der Waals surface area contributed by atoms with E-state index in [0.717, 1.165) is 0 Å². The lowest BCUT2D eigenvalue weighted by Gasteiger charge is -2.12. The number of para-hydroxylation sites is 1. The number of nitro groups is 1. The van der Waals surface area contributed by atoms with E-state index in [2.05, 4.69) is 15.4 Å². The van der Waals surface area contributed by atoms with Crippen molar-refractivity contribution in [2.45, 2.75) is 6.92 Å². The number of aryl methyl sites for hydroxylation is 1. The van der Waals surface area contributed by atoms with Gasteiger partial charge in [-0.2, -0.15) is 4.98 Å². The number of benzene rings is 1. The molecule has 0 atom stereocenters. The molecule has 3 N–H and O–H groups in total. The van der Waals surface area contributed by atoms with E-state index in [9.17, 15) is 10.1 Å². The zero-order valence-corrected chi connectivity index (χ0v) is 11.4. The highest BCUT2D eigenvalue weighted by Crippen LogP contribution is 2.38. The predicted octanol–water partition coefficient (Wildman–Crippen LogP) is 1.78. The smallest absolute Gasteiger partial charge is 0.311 e. The molecule has 0 saturated heterocycles. The van der Waals surface area contributed by atoms with Crippen LogP contribution in [0.2, 0.25) is 0 Å². The minimum atomic E-state index is -0.530. The lowest BCUT2D eigenvalue weighted by molar-refractivity contribution is -0.385. The third kappa shape index (κ3) is 2.82. The van der Waals surface area contributed by atoms with Crippen LogP contribution < -0.4 is 20.7 Å². The fourth-order valence-electron chi connectivity index (χ4n) is 1.73. The molecule has 0 bridgehead atoms. The number of hydrogen-bond acceptors (Lipinski definition) is 8. The highest BCUT2D eigenvalue weighted by Gasteiger charge is 2.21. The second-order valence-electron chi connectivity index (χ2n) is 3.99. The summed E-state index contributed by atoms with van der Waals surface area (Å²) < 4.78 is 10.7. The van der Waals surface area contributed by atoms with Crippen molar-refractivity contribution in [3.05, 3.63) is 40.2 Å². The maximum Gasteiger partial charge on any atom is 0.311 e. The summed E-state index contributed by atoms with van der Waals surface area (Å²) >= 11 is 0. The summed E-state index contributed by atoms with van der Waals surface area (Å²) in [6, 6.07) is 4.61. The average molecular weight is 291 g/mol. The molecular formula is C12H13N5O4. The SMILES string of the molecule is COc1c(NN)ncnc1Oc1c(C)cccc1[N+](=O)[O-]. The number of nitrogens with one attached hydrogen (secondary N) is 1. The van der Waals surface area contributed by atoms with Gasteiger partial charge in [0.2, 0.25) is 11.5 Å². The Morgan fingerprint density at radius 2 is 2.10 bits per heavy atom. The number of aromatic nitrogens is 2. The molecule has 2 rings (SSSR count). The highest BCUT2D eigenvalue weighted by molar-refractivity contribution is 5.58. The van der Waals surface area contributed by atoms with E-state index in [-0.39, 0.29) is 28.9 Å². The molecule has 21 heavy (non-hydrogen) atoms. The normalized spacial score (nSPS) is 10.0. The Kier molecular flexibility index (Phi) is 4.14. The lowest BCUT2D eigenvalue weighted by atomic mass is 10.2. The van der Waals surface area contributed by atoms with Gasteiger partial charge >= 0.3 is 5.69 Å². The van der Waals surface area contributed by atoms with Crippen LogP contribution in [-0.2, 0) is 0 Å². The molecule has 1 aromatic heterocycles. The third-order valence-corrected chi connectivity index (χ3v) is 2.70. The van der Waals surface area contributed by atoms with Gasteiger partial charge in [-0.1, -0.05) is 12.1 Å². The maximum atomic E-state index is 11.1. The molecule has 1 aromatic carbocycles.